The molecular weight excluding hydrogens is 262 g/mol. The van der Waals surface area contributed by atoms with Gasteiger partial charge in [-0.15, -0.1) is 0 Å². The van der Waals surface area contributed by atoms with E-state index in [1.807, 2.05) is 0 Å². The maximum absolute atomic E-state index is 12.2. The summed E-state index contributed by atoms with van der Waals surface area (Å²) in [5.74, 6) is -1.18. The molecule has 1 amide bonds. The molecule has 20 heavy (non-hydrogen) atoms. The number of rotatable bonds is 8. The summed E-state index contributed by atoms with van der Waals surface area (Å²) in [6.45, 7) is 1.10. The Bertz CT molecular complexity index is 337. The van der Waals surface area contributed by atoms with Crippen molar-refractivity contribution < 1.29 is 24.9 Å². The molecule has 0 atom stereocenters. The van der Waals surface area contributed by atoms with Crippen LogP contribution >= 0.6 is 0 Å². The molecule has 1 rings (SSSR count). The van der Waals surface area contributed by atoms with Crippen LogP contribution in [-0.4, -0.2) is 45.9 Å². The molecule has 0 heterocycles. The molecule has 1 saturated carbocycles. The zero-order valence-electron chi connectivity index (χ0n) is 12.0. The van der Waals surface area contributed by atoms with Crippen LogP contribution < -0.4 is 5.32 Å². The lowest BCUT2D eigenvalue weighted by molar-refractivity contribution is -0.140. The number of aliphatic carboxylic acids is 1. The Morgan fingerprint density at radius 1 is 1.15 bits per heavy atom. The molecule has 0 aromatic carbocycles. The quantitative estimate of drug-likeness (QED) is 0.524. The first kappa shape index (κ1) is 16.9. The molecule has 1 aliphatic carbocycles. The Morgan fingerprint density at radius 2 is 1.70 bits per heavy atom. The number of nitrogens with one attached hydrogen (secondary N) is 1. The number of carboxylic acid groups (broad SMARTS) is 1. The summed E-state index contributed by atoms with van der Waals surface area (Å²) in [6, 6.07) is 0. The molecule has 0 aromatic heterocycles. The van der Waals surface area contributed by atoms with Crippen LogP contribution in [0.2, 0.25) is 0 Å². The molecule has 0 unspecified atom stereocenters. The number of aliphatic hydroxyl groups excluding tert-OH is 2. The van der Waals surface area contributed by atoms with Gasteiger partial charge in [0.1, 0.15) is 0 Å². The van der Waals surface area contributed by atoms with E-state index in [9.17, 15) is 19.8 Å². The third kappa shape index (κ3) is 4.18. The average Bonchev–Trinajstić information content (AvgIpc) is 2.83. The molecule has 1 aliphatic rings. The van der Waals surface area contributed by atoms with E-state index < -0.39 is 16.9 Å². The molecule has 1 fully saturated rings. The van der Waals surface area contributed by atoms with Gasteiger partial charge in [-0.05, 0) is 24.7 Å². The predicted octanol–water partition coefficient (Wildman–Crippen LogP) is 0.661. The average molecular weight is 287 g/mol. The van der Waals surface area contributed by atoms with E-state index in [4.69, 9.17) is 5.11 Å². The molecule has 6 nitrogen and oxygen atoms in total. The van der Waals surface area contributed by atoms with Crippen LogP contribution in [-0.2, 0) is 9.59 Å². The summed E-state index contributed by atoms with van der Waals surface area (Å²) in [7, 11) is 0. The van der Waals surface area contributed by atoms with E-state index >= 15 is 0 Å². The molecule has 4 N–H and O–H groups in total. The molecule has 0 saturated heterocycles. The summed E-state index contributed by atoms with van der Waals surface area (Å²) < 4.78 is 0. The van der Waals surface area contributed by atoms with Gasteiger partial charge in [-0.3, -0.25) is 9.59 Å². The monoisotopic (exact) mass is 287 g/mol. The fraction of sp³-hybridized carbons (Fsp3) is 0.857. The second kappa shape index (κ2) is 7.04. The van der Waals surface area contributed by atoms with Crippen molar-refractivity contribution in [2.24, 2.45) is 5.41 Å². The second-order valence-electron chi connectivity index (χ2n) is 5.95. The Kier molecular flexibility index (Phi) is 5.95. The van der Waals surface area contributed by atoms with E-state index in [0.29, 0.717) is 6.42 Å². The first-order valence-corrected chi connectivity index (χ1v) is 7.15. The van der Waals surface area contributed by atoms with Crippen molar-refractivity contribution in [3.63, 3.8) is 0 Å². The Morgan fingerprint density at radius 3 is 2.10 bits per heavy atom. The standard InChI is InChI=1S/C14H25NO5/c1-2-14(9-16,10-17)15-11(18)7-13(8-12(19)20)5-3-4-6-13/h16-17H,2-10H2,1H3,(H,15,18)(H,19,20). The zero-order valence-corrected chi connectivity index (χ0v) is 12.0. The van der Waals surface area contributed by atoms with Gasteiger partial charge in [-0.25, -0.2) is 0 Å². The van der Waals surface area contributed by atoms with Crippen LogP contribution in [0.25, 0.3) is 0 Å². The number of hydrogen-bond acceptors (Lipinski definition) is 4. The maximum atomic E-state index is 12.2. The SMILES string of the molecule is CCC(CO)(CO)NC(=O)CC1(CC(=O)O)CCCC1. The minimum atomic E-state index is -1.01. The van der Waals surface area contributed by atoms with Gasteiger partial charge in [0.15, 0.2) is 0 Å². The van der Waals surface area contributed by atoms with E-state index in [0.717, 1.165) is 25.7 Å². The summed E-state index contributed by atoms with van der Waals surface area (Å²) in [5.41, 5.74) is -1.49. The van der Waals surface area contributed by atoms with Crippen molar-refractivity contribution in [1.82, 2.24) is 5.32 Å². The van der Waals surface area contributed by atoms with Crippen molar-refractivity contribution in [1.29, 1.82) is 0 Å². The van der Waals surface area contributed by atoms with Gasteiger partial charge in [-0.1, -0.05) is 19.8 Å². The first-order chi connectivity index (χ1) is 9.41. The fourth-order valence-electron chi connectivity index (χ4n) is 2.98. The van der Waals surface area contributed by atoms with E-state index in [-0.39, 0.29) is 32.0 Å². The molecule has 0 aliphatic heterocycles. The lowest BCUT2D eigenvalue weighted by Crippen LogP contribution is -2.54. The largest absolute Gasteiger partial charge is 0.481 e. The minimum absolute atomic E-state index is 0.00219. The minimum Gasteiger partial charge on any atom is -0.481 e. The molecule has 0 aromatic rings. The van der Waals surface area contributed by atoms with Crippen LogP contribution in [0, 0.1) is 5.41 Å². The maximum Gasteiger partial charge on any atom is 0.303 e. The van der Waals surface area contributed by atoms with Crippen molar-refractivity contribution >= 4 is 11.9 Å². The van der Waals surface area contributed by atoms with Gasteiger partial charge in [-0.2, -0.15) is 0 Å². The number of carboxylic acids is 1. The van der Waals surface area contributed by atoms with Gasteiger partial charge < -0.3 is 20.6 Å². The van der Waals surface area contributed by atoms with Gasteiger partial charge in [0.05, 0.1) is 25.2 Å². The number of carbonyl (C=O) groups is 2. The summed E-state index contributed by atoms with van der Waals surface area (Å²) >= 11 is 0. The summed E-state index contributed by atoms with van der Waals surface area (Å²) in [5, 5.41) is 30.3. The van der Waals surface area contributed by atoms with Crippen molar-refractivity contribution in [2.75, 3.05) is 13.2 Å². The highest BCUT2D eigenvalue weighted by molar-refractivity contribution is 5.79. The highest BCUT2D eigenvalue weighted by Crippen LogP contribution is 2.44. The van der Waals surface area contributed by atoms with Crippen LogP contribution in [0.5, 0.6) is 0 Å². The Labute approximate surface area is 119 Å². The zero-order chi connectivity index (χ0) is 15.2. The molecule has 116 valence electrons. The van der Waals surface area contributed by atoms with E-state index in [1.54, 1.807) is 6.92 Å². The molecule has 0 radical (unpaired) electrons. The van der Waals surface area contributed by atoms with Crippen LogP contribution in [0.3, 0.4) is 0 Å². The van der Waals surface area contributed by atoms with Crippen molar-refractivity contribution in [3.8, 4) is 0 Å². The van der Waals surface area contributed by atoms with Crippen molar-refractivity contribution in [3.05, 3.63) is 0 Å². The van der Waals surface area contributed by atoms with Crippen LogP contribution in [0.15, 0.2) is 0 Å². The number of carbonyl (C=O) groups excluding carboxylic acids is 1. The van der Waals surface area contributed by atoms with Gasteiger partial charge in [0.25, 0.3) is 0 Å². The normalized spacial score (nSPS) is 17.9. The van der Waals surface area contributed by atoms with Gasteiger partial charge in [0.2, 0.25) is 5.91 Å². The summed E-state index contributed by atoms with van der Waals surface area (Å²) in [6.07, 6.45) is 3.92. The van der Waals surface area contributed by atoms with E-state index in [1.165, 1.54) is 0 Å². The summed E-state index contributed by atoms with van der Waals surface area (Å²) in [4.78, 5) is 23.1. The smallest absolute Gasteiger partial charge is 0.303 e. The molecular formula is C14H25NO5. The van der Waals surface area contributed by atoms with Gasteiger partial charge >= 0.3 is 5.97 Å². The highest BCUT2D eigenvalue weighted by atomic mass is 16.4. The third-order valence-corrected chi connectivity index (χ3v) is 4.41. The molecule has 0 bridgehead atoms. The first-order valence-electron chi connectivity index (χ1n) is 7.15. The Balaban J connectivity index is 2.69. The lowest BCUT2D eigenvalue weighted by Gasteiger charge is -2.33. The van der Waals surface area contributed by atoms with E-state index in [2.05, 4.69) is 5.32 Å². The molecule has 6 heteroatoms. The fourth-order valence-corrected chi connectivity index (χ4v) is 2.98. The predicted molar refractivity (Wildman–Crippen MR) is 73.1 cm³/mol. The van der Waals surface area contributed by atoms with Crippen LogP contribution in [0.4, 0.5) is 0 Å². The van der Waals surface area contributed by atoms with Gasteiger partial charge in [0, 0.05) is 6.42 Å². The second-order valence-corrected chi connectivity index (χ2v) is 5.95. The Hall–Kier alpha value is -1.14. The topological polar surface area (TPSA) is 107 Å². The third-order valence-electron chi connectivity index (χ3n) is 4.41. The lowest BCUT2D eigenvalue weighted by atomic mass is 9.79. The number of aliphatic hydroxyl groups is 2. The van der Waals surface area contributed by atoms with Crippen molar-refractivity contribution in [2.45, 2.75) is 57.4 Å². The number of amides is 1. The number of hydrogen-bond donors (Lipinski definition) is 4. The molecule has 0 spiro atoms. The van der Waals surface area contributed by atoms with Crippen LogP contribution in [0.1, 0.15) is 51.9 Å². The highest BCUT2D eigenvalue weighted by Gasteiger charge is 2.39.